The molecule has 0 aliphatic carbocycles. The van der Waals surface area contributed by atoms with Crippen molar-refractivity contribution in [3.8, 4) is 0 Å². The van der Waals surface area contributed by atoms with Crippen LogP contribution in [0, 0.1) is 17.8 Å². The van der Waals surface area contributed by atoms with Crippen molar-refractivity contribution < 1.29 is 9.59 Å². The first kappa shape index (κ1) is 16.7. The first-order valence-corrected chi connectivity index (χ1v) is 8.72. The molecule has 2 heterocycles. The summed E-state index contributed by atoms with van der Waals surface area (Å²) in [6.45, 7) is 8.01. The summed E-state index contributed by atoms with van der Waals surface area (Å²) < 4.78 is 0. The number of thioether (sulfide) groups is 1. The molecule has 0 saturated carbocycles. The second-order valence-corrected chi connectivity index (χ2v) is 8.11. The zero-order chi connectivity index (χ0) is 15.9. The molecular formula is C15H25BN2O2S. The molecule has 2 radical (unpaired) electrons. The Morgan fingerprint density at radius 1 is 1.48 bits per heavy atom. The summed E-state index contributed by atoms with van der Waals surface area (Å²) in [7, 11) is 8.29. The minimum atomic E-state index is -0.661. The average Bonchev–Trinajstić information content (AvgIpc) is 2.83. The van der Waals surface area contributed by atoms with Crippen LogP contribution < -0.4 is 5.32 Å². The number of amides is 2. The summed E-state index contributed by atoms with van der Waals surface area (Å²) in [6, 6.07) is -0.0462. The molecule has 4 nitrogen and oxygen atoms in total. The van der Waals surface area contributed by atoms with Crippen LogP contribution in [0.25, 0.3) is 0 Å². The number of carbonyl (C=O) groups excluding carboxylic acids is 2. The topological polar surface area (TPSA) is 49.4 Å². The standard InChI is InChI=1S/C15H25BN2O2S/c1-8(2)13(19)10(4)9(3)6-12-15(16)11(7-21-12)18(5)14(20)17-15/h8-12H,6-7H2,1-5H3,(H,17,20)/t9?,10?,11?,12-,15?/m0/s1. The highest BCUT2D eigenvalue weighted by molar-refractivity contribution is 8.00. The molecule has 4 unspecified atom stereocenters. The summed E-state index contributed by atoms with van der Waals surface area (Å²) in [4.78, 5) is 25.7. The van der Waals surface area contributed by atoms with Crippen LogP contribution in [0.15, 0.2) is 0 Å². The van der Waals surface area contributed by atoms with Crippen LogP contribution >= 0.6 is 11.8 Å². The quantitative estimate of drug-likeness (QED) is 0.623. The molecule has 2 rings (SSSR count). The Morgan fingerprint density at radius 2 is 2.10 bits per heavy atom. The number of Topliss-reactive ketones (excluding diaryl/α,β-unsaturated/α-hetero) is 1. The highest BCUT2D eigenvalue weighted by atomic mass is 32.2. The SMILES string of the molecule is [B]C12NC(=O)N(C)C1CS[C@H]2CC(C)C(C)C(=O)C(C)C. The van der Waals surface area contributed by atoms with Gasteiger partial charge in [-0.2, -0.15) is 11.8 Å². The zero-order valence-corrected chi connectivity index (χ0v) is 14.4. The fourth-order valence-corrected chi connectivity index (χ4v) is 5.17. The van der Waals surface area contributed by atoms with E-state index in [1.54, 1.807) is 11.9 Å². The van der Waals surface area contributed by atoms with Crippen molar-refractivity contribution in [2.24, 2.45) is 17.8 Å². The number of ketones is 1. The first-order chi connectivity index (χ1) is 9.68. The third kappa shape index (κ3) is 2.83. The Morgan fingerprint density at radius 3 is 2.67 bits per heavy atom. The second kappa shape index (κ2) is 5.86. The van der Waals surface area contributed by atoms with Crippen LogP contribution in [0.1, 0.15) is 34.1 Å². The van der Waals surface area contributed by atoms with Gasteiger partial charge < -0.3 is 10.2 Å². The Hall–Kier alpha value is -0.645. The van der Waals surface area contributed by atoms with Gasteiger partial charge in [-0.25, -0.2) is 4.79 Å². The van der Waals surface area contributed by atoms with E-state index in [1.807, 2.05) is 32.5 Å². The molecule has 2 aliphatic heterocycles. The number of carbonyl (C=O) groups is 2. The monoisotopic (exact) mass is 308 g/mol. The van der Waals surface area contributed by atoms with Crippen LogP contribution in [0.3, 0.4) is 0 Å². The lowest BCUT2D eigenvalue weighted by molar-refractivity contribution is -0.126. The minimum absolute atomic E-state index is 0.0306. The van der Waals surface area contributed by atoms with Gasteiger partial charge in [0.2, 0.25) is 0 Å². The molecule has 0 aromatic heterocycles. The van der Waals surface area contributed by atoms with Crippen molar-refractivity contribution in [2.45, 2.75) is 50.8 Å². The maximum atomic E-state index is 12.2. The van der Waals surface area contributed by atoms with E-state index in [-0.39, 0.29) is 35.1 Å². The van der Waals surface area contributed by atoms with E-state index in [0.29, 0.717) is 5.78 Å². The predicted molar refractivity (Wildman–Crippen MR) is 87.6 cm³/mol. The van der Waals surface area contributed by atoms with Crippen molar-refractivity contribution in [1.29, 1.82) is 0 Å². The maximum Gasteiger partial charge on any atom is 0.317 e. The smallest absolute Gasteiger partial charge is 0.317 e. The molecule has 0 aromatic carbocycles. The second-order valence-electron chi connectivity index (χ2n) is 6.87. The van der Waals surface area contributed by atoms with Gasteiger partial charge in [0.1, 0.15) is 13.6 Å². The Kier molecular flexibility index (Phi) is 4.67. The van der Waals surface area contributed by atoms with E-state index >= 15 is 0 Å². The van der Waals surface area contributed by atoms with Crippen LogP contribution in [0.4, 0.5) is 4.79 Å². The Balaban J connectivity index is 2.04. The number of likely N-dealkylation sites (N-methyl/N-ethyl adjacent to an activating group) is 1. The molecule has 0 spiro atoms. The highest BCUT2D eigenvalue weighted by Crippen LogP contribution is 2.43. The molecule has 116 valence electrons. The normalized spacial score (nSPS) is 34.8. The van der Waals surface area contributed by atoms with Gasteiger partial charge in [0, 0.05) is 35.3 Å². The summed E-state index contributed by atoms with van der Waals surface area (Å²) in [5, 5.41) is 3.11. The fraction of sp³-hybridized carbons (Fsp3) is 0.867. The highest BCUT2D eigenvalue weighted by Gasteiger charge is 2.55. The van der Waals surface area contributed by atoms with Gasteiger partial charge in [-0.3, -0.25) is 4.79 Å². The molecular weight excluding hydrogens is 283 g/mol. The molecule has 21 heavy (non-hydrogen) atoms. The fourth-order valence-electron chi connectivity index (χ4n) is 3.32. The summed E-state index contributed by atoms with van der Waals surface area (Å²) in [5.74, 6) is 1.52. The zero-order valence-electron chi connectivity index (χ0n) is 13.6. The number of hydrogen-bond donors (Lipinski definition) is 1. The largest absolute Gasteiger partial charge is 0.338 e. The summed E-state index contributed by atoms with van der Waals surface area (Å²) in [6.07, 6.45) is 0.853. The lowest BCUT2D eigenvalue weighted by Crippen LogP contribution is -2.54. The number of urea groups is 1. The van der Waals surface area contributed by atoms with E-state index in [0.717, 1.165) is 12.2 Å². The third-order valence-electron chi connectivity index (χ3n) is 5.11. The molecule has 2 aliphatic rings. The van der Waals surface area contributed by atoms with E-state index < -0.39 is 5.44 Å². The van der Waals surface area contributed by atoms with Crippen molar-refractivity contribution in [2.75, 3.05) is 12.8 Å². The van der Waals surface area contributed by atoms with Gasteiger partial charge in [-0.05, 0) is 12.3 Å². The van der Waals surface area contributed by atoms with Gasteiger partial charge in [0.25, 0.3) is 0 Å². The Labute approximate surface area is 133 Å². The van der Waals surface area contributed by atoms with Crippen molar-refractivity contribution in [3.05, 3.63) is 0 Å². The predicted octanol–water partition coefficient (Wildman–Crippen LogP) is 1.88. The molecule has 6 heteroatoms. The molecule has 2 amide bonds. The number of nitrogens with zero attached hydrogens (tertiary/aromatic N) is 1. The van der Waals surface area contributed by atoms with Crippen LogP contribution in [-0.4, -0.2) is 54.1 Å². The molecule has 0 bridgehead atoms. The molecule has 2 fully saturated rings. The first-order valence-electron chi connectivity index (χ1n) is 7.67. The van der Waals surface area contributed by atoms with Gasteiger partial charge >= 0.3 is 6.03 Å². The van der Waals surface area contributed by atoms with Crippen LogP contribution in [-0.2, 0) is 4.79 Å². The van der Waals surface area contributed by atoms with Crippen molar-refractivity contribution in [1.82, 2.24) is 10.2 Å². The van der Waals surface area contributed by atoms with Crippen LogP contribution in [0.2, 0.25) is 0 Å². The Bertz CT molecular complexity index is 445. The molecule has 1 N–H and O–H groups in total. The number of hydrogen-bond acceptors (Lipinski definition) is 3. The minimum Gasteiger partial charge on any atom is -0.338 e. The van der Waals surface area contributed by atoms with Crippen molar-refractivity contribution in [3.63, 3.8) is 0 Å². The third-order valence-corrected chi connectivity index (χ3v) is 6.60. The molecule has 5 atom stereocenters. The van der Waals surface area contributed by atoms with Gasteiger partial charge in [-0.15, -0.1) is 0 Å². The van der Waals surface area contributed by atoms with Gasteiger partial charge in [-0.1, -0.05) is 27.7 Å². The maximum absolute atomic E-state index is 12.2. The number of fused-ring (bicyclic) bond motifs is 1. The van der Waals surface area contributed by atoms with E-state index in [1.165, 1.54) is 0 Å². The van der Waals surface area contributed by atoms with Gasteiger partial charge in [0.15, 0.2) is 0 Å². The summed E-state index contributed by atoms with van der Waals surface area (Å²) >= 11 is 1.81. The molecule has 0 aromatic rings. The van der Waals surface area contributed by atoms with E-state index in [9.17, 15) is 9.59 Å². The number of rotatable bonds is 5. The van der Waals surface area contributed by atoms with Crippen molar-refractivity contribution >= 4 is 31.4 Å². The lowest BCUT2D eigenvalue weighted by atomic mass is 9.68. The van der Waals surface area contributed by atoms with E-state index in [2.05, 4.69) is 12.2 Å². The number of nitrogens with one attached hydrogen (secondary N) is 1. The lowest BCUT2D eigenvalue weighted by Gasteiger charge is -2.33. The molecule has 2 saturated heterocycles. The van der Waals surface area contributed by atoms with Crippen LogP contribution in [0.5, 0.6) is 0 Å². The summed E-state index contributed by atoms with van der Waals surface area (Å²) in [5.41, 5.74) is -0.661. The van der Waals surface area contributed by atoms with Gasteiger partial charge in [0.05, 0.1) is 6.04 Å². The van der Waals surface area contributed by atoms with E-state index in [4.69, 9.17) is 7.85 Å². The average molecular weight is 308 g/mol.